The smallest absolute Gasteiger partial charge is 0.306 e. The van der Waals surface area contributed by atoms with Gasteiger partial charge in [-0.3, -0.25) is 9.36 Å². The van der Waals surface area contributed by atoms with Crippen LogP contribution in [0.3, 0.4) is 0 Å². The number of nitrogens with zero attached hydrogens (tertiary/aromatic N) is 1. The molecule has 9 nitrogen and oxygen atoms in total. The molecule has 10 heteroatoms. The number of carbonyl (C=O) groups is 1. The van der Waals surface area contributed by atoms with Gasteiger partial charge in [0.25, 0.3) is 7.82 Å². The fourth-order valence-electron chi connectivity index (χ4n) is 6.10. The molecule has 4 unspecified atom stereocenters. The standard InChI is InChI=1S/C44H82NO8P/c1-6-8-10-11-12-13-14-15-16-19-22-25-28-32-37-49-39-41(40-51-54(47,48)50-38-36-45(3,4)5)52-44(46)35-31-27-24-21-18-17-20-23-26-30-34-43-42(53-43)33-29-9-7-2/h17,20-21,24,26,30,41-43H,6-16,18-19,22-23,25,27-29,31-40H2,1-5H3/b20-17-,24-21-,30-26-. The fraction of sp³-hybridized carbons (Fsp3) is 0.841. The van der Waals surface area contributed by atoms with Crippen LogP contribution in [-0.2, 0) is 32.6 Å². The Morgan fingerprint density at radius 1 is 0.685 bits per heavy atom. The number of phosphoric ester groups is 1. The van der Waals surface area contributed by atoms with E-state index in [0.29, 0.717) is 36.3 Å². The Labute approximate surface area is 331 Å². The summed E-state index contributed by atoms with van der Waals surface area (Å²) in [6.45, 7) is 5.30. The van der Waals surface area contributed by atoms with E-state index in [2.05, 4.69) is 50.3 Å². The van der Waals surface area contributed by atoms with E-state index in [9.17, 15) is 14.3 Å². The van der Waals surface area contributed by atoms with Crippen LogP contribution in [-0.4, -0.2) is 82.9 Å². The second kappa shape index (κ2) is 33.8. The average molecular weight is 784 g/mol. The van der Waals surface area contributed by atoms with Gasteiger partial charge >= 0.3 is 5.97 Å². The van der Waals surface area contributed by atoms with E-state index in [0.717, 1.165) is 38.5 Å². The Balaban J connectivity index is 2.26. The summed E-state index contributed by atoms with van der Waals surface area (Å²) >= 11 is 0. The van der Waals surface area contributed by atoms with Crippen molar-refractivity contribution < 1.29 is 42.0 Å². The molecule has 0 radical (unpaired) electrons. The molecule has 54 heavy (non-hydrogen) atoms. The first kappa shape index (κ1) is 50.7. The van der Waals surface area contributed by atoms with Gasteiger partial charge in [-0.25, -0.2) is 0 Å². The first-order valence-electron chi connectivity index (χ1n) is 21.8. The molecule has 0 aromatic rings. The van der Waals surface area contributed by atoms with E-state index in [1.54, 1.807) is 0 Å². The summed E-state index contributed by atoms with van der Waals surface area (Å²) in [5, 5.41) is 0. The number of epoxide rings is 1. The molecule has 1 aliphatic rings. The van der Waals surface area contributed by atoms with Crippen LogP contribution in [0.15, 0.2) is 36.5 Å². The van der Waals surface area contributed by atoms with Crippen LogP contribution in [0.4, 0.5) is 0 Å². The van der Waals surface area contributed by atoms with Gasteiger partial charge in [0.2, 0.25) is 0 Å². The highest BCUT2D eigenvalue weighted by Gasteiger charge is 2.36. The summed E-state index contributed by atoms with van der Waals surface area (Å²) in [4.78, 5) is 25.0. The first-order chi connectivity index (χ1) is 26.1. The number of allylic oxidation sites excluding steroid dienone is 5. The minimum absolute atomic E-state index is 0.0145. The molecule has 0 aromatic carbocycles. The van der Waals surface area contributed by atoms with Gasteiger partial charge in [0.1, 0.15) is 19.3 Å². The summed E-state index contributed by atoms with van der Waals surface area (Å²) < 4.78 is 40.2. The minimum atomic E-state index is -4.54. The van der Waals surface area contributed by atoms with Crippen molar-refractivity contribution >= 4 is 13.8 Å². The van der Waals surface area contributed by atoms with Crippen LogP contribution in [0.5, 0.6) is 0 Å². The highest BCUT2D eigenvalue weighted by molar-refractivity contribution is 7.45. The Hall–Kier alpha value is -1.32. The van der Waals surface area contributed by atoms with Crippen LogP contribution in [0.1, 0.15) is 168 Å². The molecule has 1 aliphatic heterocycles. The molecule has 0 N–H and O–H groups in total. The number of quaternary nitrogens is 1. The lowest BCUT2D eigenvalue weighted by atomic mass is 10.0. The predicted molar refractivity (Wildman–Crippen MR) is 221 cm³/mol. The molecular formula is C44H82NO8P. The van der Waals surface area contributed by atoms with Crippen molar-refractivity contribution in [3.63, 3.8) is 0 Å². The largest absolute Gasteiger partial charge is 0.756 e. The van der Waals surface area contributed by atoms with E-state index in [1.807, 2.05) is 21.1 Å². The lowest BCUT2D eigenvalue weighted by Gasteiger charge is -2.28. The zero-order chi connectivity index (χ0) is 39.6. The van der Waals surface area contributed by atoms with Crippen LogP contribution < -0.4 is 4.89 Å². The molecule has 0 amide bonds. The van der Waals surface area contributed by atoms with Gasteiger partial charge < -0.3 is 32.6 Å². The Kier molecular flexibility index (Phi) is 31.7. The van der Waals surface area contributed by atoms with Crippen molar-refractivity contribution in [1.82, 2.24) is 0 Å². The maximum absolute atomic E-state index is 12.7. The molecule has 0 spiro atoms. The molecular weight excluding hydrogens is 701 g/mol. The molecule has 1 rings (SSSR count). The maximum Gasteiger partial charge on any atom is 0.306 e. The number of likely N-dealkylation sites (N-methyl/N-ethyl adjacent to an activating group) is 1. The van der Waals surface area contributed by atoms with Crippen molar-refractivity contribution in [2.75, 3.05) is 54.1 Å². The molecule has 1 saturated heterocycles. The monoisotopic (exact) mass is 784 g/mol. The van der Waals surface area contributed by atoms with Gasteiger partial charge in [-0.05, 0) is 44.9 Å². The maximum atomic E-state index is 12.7. The average Bonchev–Trinajstić information content (AvgIpc) is 3.87. The summed E-state index contributed by atoms with van der Waals surface area (Å²) in [5.74, 6) is -0.390. The third kappa shape index (κ3) is 34.0. The number of ether oxygens (including phenoxy) is 3. The summed E-state index contributed by atoms with van der Waals surface area (Å²) in [6.07, 6.45) is 40.5. The van der Waals surface area contributed by atoms with Crippen LogP contribution >= 0.6 is 7.82 Å². The zero-order valence-corrected chi connectivity index (χ0v) is 36.3. The van der Waals surface area contributed by atoms with Crippen LogP contribution in [0.2, 0.25) is 0 Å². The third-order valence-electron chi connectivity index (χ3n) is 9.62. The second-order valence-electron chi connectivity index (χ2n) is 16.1. The quantitative estimate of drug-likeness (QED) is 0.0151. The molecule has 0 aromatic heterocycles. The highest BCUT2D eigenvalue weighted by Crippen LogP contribution is 2.38. The van der Waals surface area contributed by atoms with Crippen molar-refractivity contribution in [3.8, 4) is 0 Å². The van der Waals surface area contributed by atoms with Gasteiger partial charge in [-0.1, -0.05) is 153 Å². The van der Waals surface area contributed by atoms with Crippen LogP contribution in [0.25, 0.3) is 0 Å². The molecule has 1 fully saturated rings. The number of carbonyl (C=O) groups excluding carboxylic acids is 1. The summed E-state index contributed by atoms with van der Waals surface area (Å²) in [7, 11) is 1.32. The lowest BCUT2D eigenvalue weighted by Crippen LogP contribution is -2.37. The number of esters is 1. The Bertz CT molecular complexity index is 1030. The van der Waals surface area contributed by atoms with E-state index in [1.165, 1.54) is 103 Å². The topological polar surface area (TPSA) is 107 Å². The number of hydrogen-bond donors (Lipinski definition) is 0. The second-order valence-corrected chi connectivity index (χ2v) is 17.5. The number of phosphoric acid groups is 1. The van der Waals surface area contributed by atoms with Gasteiger partial charge in [0.15, 0.2) is 0 Å². The van der Waals surface area contributed by atoms with E-state index in [-0.39, 0.29) is 32.2 Å². The Morgan fingerprint density at radius 2 is 1.24 bits per heavy atom. The highest BCUT2D eigenvalue weighted by atomic mass is 31.2. The molecule has 316 valence electrons. The predicted octanol–water partition coefficient (Wildman–Crippen LogP) is 11.0. The van der Waals surface area contributed by atoms with Crippen molar-refractivity contribution in [2.45, 2.75) is 186 Å². The third-order valence-corrected chi connectivity index (χ3v) is 10.6. The Morgan fingerprint density at radius 3 is 1.85 bits per heavy atom. The molecule has 0 bridgehead atoms. The molecule has 0 aliphatic carbocycles. The zero-order valence-electron chi connectivity index (χ0n) is 35.4. The fourth-order valence-corrected chi connectivity index (χ4v) is 6.83. The van der Waals surface area contributed by atoms with Crippen LogP contribution in [0, 0.1) is 0 Å². The summed E-state index contributed by atoms with van der Waals surface area (Å²) in [6, 6.07) is 0. The SMILES string of the molecule is CCCCCCCCCCCCCCCCOCC(COP(=O)([O-])OCC[N+](C)(C)C)OC(=O)CCC/C=C\C/C=C\C/C=C\CC1OC1CCCCC. The van der Waals surface area contributed by atoms with E-state index in [4.69, 9.17) is 23.3 Å². The van der Waals surface area contributed by atoms with Crippen molar-refractivity contribution in [3.05, 3.63) is 36.5 Å². The minimum Gasteiger partial charge on any atom is -0.756 e. The summed E-state index contributed by atoms with van der Waals surface area (Å²) in [5.41, 5.74) is 0. The first-order valence-corrected chi connectivity index (χ1v) is 23.3. The number of unbranched alkanes of at least 4 members (excludes halogenated alkanes) is 16. The molecule has 0 saturated carbocycles. The van der Waals surface area contributed by atoms with E-state index < -0.39 is 13.9 Å². The van der Waals surface area contributed by atoms with Gasteiger partial charge in [0, 0.05) is 13.0 Å². The van der Waals surface area contributed by atoms with E-state index >= 15 is 0 Å². The number of hydrogen-bond acceptors (Lipinski definition) is 8. The molecule has 4 atom stereocenters. The van der Waals surface area contributed by atoms with Gasteiger partial charge in [0.05, 0.1) is 46.6 Å². The normalized spacial score (nSPS) is 17.9. The van der Waals surface area contributed by atoms with Gasteiger partial charge in [-0.2, -0.15) is 0 Å². The van der Waals surface area contributed by atoms with Crippen molar-refractivity contribution in [1.29, 1.82) is 0 Å². The molecule has 1 heterocycles. The number of rotatable bonds is 39. The lowest BCUT2D eigenvalue weighted by molar-refractivity contribution is -0.870. The van der Waals surface area contributed by atoms with Crippen molar-refractivity contribution in [2.24, 2.45) is 0 Å². The van der Waals surface area contributed by atoms with Gasteiger partial charge in [-0.15, -0.1) is 0 Å².